The van der Waals surface area contributed by atoms with Crippen molar-refractivity contribution in [2.45, 2.75) is 20.0 Å². The van der Waals surface area contributed by atoms with Gasteiger partial charge in [-0.3, -0.25) is 4.79 Å². The van der Waals surface area contributed by atoms with Gasteiger partial charge in [0.25, 0.3) is 0 Å². The molecule has 3 rings (SSSR count). The highest BCUT2D eigenvalue weighted by Crippen LogP contribution is 2.34. The molecule has 8 heteroatoms. The predicted molar refractivity (Wildman–Crippen MR) is 93.4 cm³/mol. The lowest BCUT2D eigenvalue weighted by molar-refractivity contribution is -0.170. The second-order valence-corrected chi connectivity index (χ2v) is 6.38. The number of carbonyl (C=O) groups excluding carboxylic acids is 1. The molecule has 0 spiro atoms. The summed E-state index contributed by atoms with van der Waals surface area (Å²) in [6.45, 7) is 3.56. The number of fused-ring (bicyclic) bond motifs is 1. The van der Waals surface area contributed by atoms with Crippen molar-refractivity contribution in [1.29, 1.82) is 0 Å². The first-order valence-corrected chi connectivity index (χ1v) is 7.98. The van der Waals surface area contributed by atoms with Crippen LogP contribution in [0, 0.1) is 13.8 Å². The number of aromatic nitrogens is 1. The molecule has 3 aromatic rings. The van der Waals surface area contributed by atoms with Crippen LogP contribution in [0.2, 0.25) is 5.02 Å². The van der Waals surface area contributed by atoms with Gasteiger partial charge in [0.05, 0.1) is 10.6 Å². The Bertz CT molecular complexity index is 1010. The fourth-order valence-electron chi connectivity index (χ4n) is 2.59. The molecule has 4 nitrogen and oxygen atoms in total. The van der Waals surface area contributed by atoms with Crippen LogP contribution in [0.15, 0.2) is 34.7 Å². The van der Waals surface area contributed by atoms with E-state index in [2.05, 4.69) is 4.98 Å². The van der Waals surface area contributed by atoms with E-state index in [0.29, 0.717) is 32.1 Å². The van der Waals surface area contributed by atoms with Gasteiger partial charge < -0.3 is 9.32 Å². The molecule has 0 aliphatic rings. The number of benzene rings is 2. The third-order valence-corrected chi connectivity index (χ3v) is 4.26. The van der Waals surface area contributed by atoms with Gasteiger partial charge in [-0.05, 0) is 49.2 Å². The number of amides is 1. The molecule has 0 bridgehead atoms. The molecule has 0 fully saturated rings. The van der Waals surface area contributed by atoms with Gasteiger partial charge >= 0.3 is 12.1 Å². The fraction of sp³-hybridized carbons (Fsp3) is 0.222. The lowest BCUT2D eigenvalue weighted by atomic mass is 10.1. The average Bonchev–Trinajstić information content (AvgIpc) is 2.96. The standard InChI is InChI=1S/C18H14ClF3N2O2/c1-9-4-5-12(13(19)6-9)16-23-14-8-11(7-10(2)15(14)26-16)24(3)17(25)18(20,21)22/h4-8H,1-3H3. The number of nitrogens with zero attached hydrogens (tertiary/aromatic N) is 2. The Morgan fingerprint density at radius 2 is 1.88 bits per heavy atom. The van der Waals surface area contributed by atoms with Crippen LogP contribution in [0.5, 0.6) is 0 Å². The Morgan fingerprint density at radius 3 is 2.50 bits per heavy atom. The minimum atomic E-state index is -4.96. The number of hydrogen-bond acceptors (Lipinski definition) is 3. The molecular formula is C18H14ClF3N2O2. The zero-order valence-electron chi connectivity index (χ0n) is 14.1. The maximum absolute atomic E-state index is 12.7. The van der Waals surface area contributed by atoms with Gasteiger partial charge in [-0.1, -0.05) is 17.7 Å². The van der Waals surface area contributed by atoms with Crippen LogP contribution in [-0.2, 0) is 4.79 Å². The van der Waals surface area contributed by atoms with Gasteiger partial charge in [-0.15, -0.1) is 0 Å². The first-order chi connectivity index (χ1) is 12.1. The topological polar surface area (TPSA) is 46.3 Å². The summed E-state index contributed by atoms with van der Waals surface area (Å²) < 4.78 is 43.7. The average molecular weight is 383 g/mol. The van der Waals surface area contributed by atoms with Crippen LogP contribution in [-0.4, -0.2) is 24.1 Å². The molecule has 1 heterocycles. The van der Waals surface area contributed by atoms with Crippen molar-refractivity contribution in [2.24, 2.45) is 0 Å². The van der Waals surface area contributed by atoms with Gasteiger partial charge in [-0.25, -0.2) is 4.98 Å². The second kappa shape index (κ2) is 6.32. The van der Waals surface area contributed by atoms with E-state index in [-0.39, 0.29) is 11.6 Å². The third-order valence-electron chi connectivity index (χ3n) is 3.95. The number of aryl methyl sites for hydroxylation is 2. The van der Waals surface area contributed by atoms with Crippen molar-refractivity contribution in [1.82, 2.24) is 4.98 Å². The molecule has 0 radical (unpaired) electrons. The Labute approximate surface area is 152 Å². The Hall–Kier alpha value is -2.54. The summed E-state index contributed by atoms with van der Waals surface area (Å²) in [5, 5.41) is 0.457. The third kappa shape index (κ3) is 3.26. The van der Waals surface area contributed by atoms with Crippen LogP contribution >= 0.6 is 11.6 Å². The number of alkyl halides is 3. The van der Waals surface area contributed by atoms with Crippen molar-refractivity contribution in [3.8, 4) is 11.5 Å². The molecule has 136 valence electrons. The highest BCUT2D eigenvalue weighted by atomic mass is 35.5. The zero-order valence-corrected chi connectivity index (χ0v) is 14.9. The maximum Gasteiger partial charge on any atom is 0.471 e. The van der Waals surface area contributed by atoms with Crippen molar-refractivity contribution < 1.29 is 22.4 Å². The van der Waals surface area contributed by atoms with E-state index in [1.807, 2.05) is 13.0 Å². The first-order valence-electron chi connectivity index (χ1n) is 7.60. The summed E-state index contributed by atoms with van der Waals surface area (Å²) >= 11 is 6.23. The van der Waals surface area contributed by atoms with Crippen LogP contribution in [0.25, 0.3) is 22.6 Å². The first kappa shape index (κ1) is 18.3. The molecule has 0 aliphatic heterocycles. The summed E-state index contributed by atoms with van der Waals surface area (Å²) in [7, 11) is 1.06. The summed E-state index contributed by atoms with van der Waals surface area (Å²) in [5.41, 5.74) is 2.95. The molecule has 26 heavy (non-hydrogen) atoms. The van der Waals surface area contributed by atoms with E-state index >= 15 is 0 Å². The lowest BCUT2D eigenvalue weighted by Gasteiger charge is -2.19. The monoisotopic (exact) mass is 382 g/mol. The minimum Gasteiger partial charge on any atom is -0.436 e. The number of hydrogen-bond donors (Lipinski definition) is 0. The van der Waals surface area contributed by atoms with E-state index in [9.17, 15) is 18.0 Å². The van der Waals surface area contributed by atoms with Gasteiger partial charge in [0, 0.05) is 12.7 Å². The quantitative estimate of drug-likeness (QED) is 0.605. The number of anilines is 1. The van der Waals surface area contributed by atoms with Crippen LogP contribution < -0.4 is 4.90 Å². The van der Waals surface area contributed by atoms with Crippen LogP contribution in [0.4, 0.5) is 18.9 Å². The molecule has 0 saturated heterocycles. The summed E-state index contributed by atoms with van der Waals surface area (Å²) in [6, 6.07) is 8.20. The smallest absolute Gasteiger partial charge is 0.436 e. The number of rotatable bonds is 2. The predicted octanol–water partition coefficient (Wildman–Crippen LogP) is 5.29. The second-order valence-electron chi connectivity index (χ2n) is 5.98. The van der Waals surface area contributed by atoms with E-state index < -0.39 is 12.1 Å². The zero-order chi connectivity index (χ0) is 19.2. The maximum atomic E-state index is 12.7. The molecule has 0 unspecified atom stereocenters. The Morgan fingerprint density at radius 1 is 1.19 bits per heavy atom. The number of carbonyl (C=O) groups is 1. The molecule has 2 aromatic carbocycles. The molecule has 1 amide bonds. The largest absolute Gasteiger partial charge is 0.471 e. The van der Waals surface area contributed by atoms with Crippen molar-refractivity contribution >= 4 is 34.3 Å². The highest BCUT2D eigenvalue weighted by molar-refractivity contribution is 6.33. The molecule has 0 atom stereocenters. The molecule has 0 saturated carbocycles. The normalized spacial score (nSPS) is 11.8. The highest BCUT2D eigenvalue weighted by Gasteiger charge is 2.41. The van der Waals surface area contributed by atoms with Crippen molar-refractivity contribution in [2.75, 3.05) is 11.9 Å². The van der Waals surface area contributed by atoms with E-state index in [0.717, 1.165) is 12.6 Å². The number of oxazole rings is 1. The molecular weight excluding hydrogens is 369 g/mol. The summed E-state index contributed by atoms with van der Waals surface area (Å²) in [4.78, 5) is 16.3. The van der Waals surface area contributed by atoms with Crippen LogP contribution in [0.1, 0.15) is 11.1 Å². The summed E-state index contributed by atoms with van der Waals surface area (Å²) in [5.74, 6) is -1.70. The van der Waals surface area contributed by atoms with Crippen molar-refractivity contribution in [3.63, 3.8) is 0 Å². The Balaban J connectivity index is 2.08. The van der Waals surface area contributed by atoms with Gasteiger partial charge in [0.15, 0.2) is 5.58 Å². The van der Waals surface area contributed by atoms with Gasteiger partial charge in [0.1, 0.15) is 5.52 Å². The number of halogens is 4. The minimum absolute atomic E-state index is 0.0761. The lowest BCUT2D eigenvalue weighted by Crippen LogP contribution is -2.38. The van der Waals surface area contributed by atoms with E-state index in [1.165, 1.54) is 12.1 Å². The molecule has 0 N–H and O–H groups in total. The van der Waals surface area contributed by atoms with Crippen molar-refractivity contribution in [3.05, 3.63) is 46.5 Å². The van der Waals surface area contributed by atoms with E-state index in [4.69, 9.17) is 16.0 Å². The molecule has 0 aliphatic carbocycles. The van der Waals surface area contributed by atoms with Gasteiger partial charge in [-0.2, -0.15) is 13.2 Å². The fourth-order valence-corrected chi connectivity index (χ4v) is 2.91. The van der Waals surface area contributed by atoms with E-state index in [1.54, 1.807) is 19.1 Å². The SMILES string of the molecule is Cc1ccc(-c2nc3cc(N(C)C(=O)C(F)(F)F)cc(C)c3o2)c(Cl)c1. The van der Waals surface area contributed by atoms with Crippen LogP contribution in [0.3, 0.4) is 0 Å². The van der Waals surface area contributed by atoms with Gasteiger partial charge in [0.2, 0.25) is 5.89 Å². The summed E-state index contributed by atoms with van der Waals surface area (Å²) in [6.07, 6.45) is -4.96. The molecule has 1 aromatic heterocycles. The Kier molecular flexibility index (Phi) is 4.44.